The van der Waals surface area contributed by atoms with Crippen LogP contribution in [0.15, 0.2) is 47.4 Å². The van der Waals surface area contributed by atoms with Crippen molar-refractivity contribution < 1.29 is 0 Å². The van der Waals surface area contributed by atoms with Crippen LogP contribution in [0.3, 0.4) is 0 Å². The summed E-state index contributed by atoms with van der Waals surface area (Å²) in [6.45, 7) is 7.46. The monoisotopic (exact) mass is 285 g/mol. The van der Waals surface area contributed by atoms with Crippen LogP contribution in [0.4, 0.5) is 0 Å². The summed E-state index contributed by atoms with van der Waals surface area (Å²) in [4.78, 5) is 1.31. The van der Waals surface area contributed by atoms with Crippen LogP contribution < -0.4 is 5.32 Å². The smallest absolute Gasteiger partial charge is 0.0576 e. The lowest BCUT2D eigenvalue weighted by atomic mass is 9.95. The van der Waals surface area contributed by atoms with Gasteiger partial charge in [-0.15, -0.1) is 11.8 Å². The predicted octanol–water partition coefficient (Wildman–Crippen LogP) is 4.72. The highest BCUT2D eigenvalue weighted by molar-refractivity contribution is 7.98. The van der Waals surface area contributed by atoms with E-state index in [1.165, 1.54) is 27.1 Å². The van der Waals surface area contributed by atoms with E-state index in [0.717, 1.165) is 6.54 Å². The van der Waals surface area contributed by atoms with Crippen molar-refractivity contribution in [1.29, 1.82) is 0 Å². The molecule has 2 aromatic rings. The summed E-state index contributed by atoms with van der Waals surface area (Å²) in [5.74, 6) is 0. The third-order valence-corrected chi connectivity index (χ3v) is 4.47. The van der Waals surface area contributed by atoms with Gasteiger partial charge in [-0.05, 0) is 61.0 Å². The Hall–Kier alpha value is -1.25. The van der Waals surface area contributed by atoms with Crippen molar-refractivity contribution in [2.45, 2.75) is 31.7 Å². The Balaban J connectivity index is 2.35. The van der Waals surface area contributed by atoms with E-state index in [1.807, 2.05) is 0 Å². The summed E-state index contributed by atoms with van der Waals surface area (Å²) >= 11 is 1.78. The summed E-state index contributed by atoms with van der Waals surface area (Å²) in [7, 11) is 0. The van der Waals surface area contributed by atoms with Crippen molar-refractivity contribution in [2.24, 2.45) is 0 Å². The van der Waals surface area contributed by atoms with Gasteiger partial charge in [-0.25, -0.2) is 0 Å². The normalized spacial score (nSPS) is 12.4. The van der Waals surface area contributed by atoms with Gasteiger partial charge in [-0.3, -0.25) is 0 Å². The van der Waals surface area contributed by atoms with Crippen molar-refractivity contribution in [2.75, 3.05) is 12.8 Å². The average molecular weight is 285 g/mol. The summed E-state index contributed by atoms with van der Waals surface area (Å²) in [5.41, 5.74) is 5.37. The van der Waals surface area contributed by atoms with Crippen LogP contribution in [-0.4, -0.2) is 12.8 Å². The van der Waals surface area contributed by atoms with E-state index >= 15 is 0 Å². The van der Waals surface area contributed by atoms with Gasteiger partial charge in [0.25, 0.3) is 0 Å². The van der Waals surface area contributed by atoms with Crippen LogP contribution in [0.2, 0.25) is 0 Å². The van der Waals surface area contributed by atoms with Gasteiger partial charge in [-0.2, -0.15) is 0 Å². The lowest BCUT2D eigenvalue weighted by Gasteiger charge is -2.20. The minimum absolute atomic E-state index is 0.273. The predicted molar refractivity (Wildman–Crippen MR) is 89.7 cm³/mol. The molecule has 0 saturated carbocycles. The fraction of sp³-hybridized carbons (Fsp3) is 0.333. The summed E-state index contributed by atoms with van der Waals surface area (Å²) in [6, 6.07) is 15.9. The molecule has 2 heteroatoms. The average Bonchev–Trinajstić information content (AvgIpc) is 2.48. The molecule has 0 aliphatic carbocycles. The standard InChI is InChI=1S/C18H23NS/c1-5-19-18(15-8-10-17(20-4)11-9-15)16-7-6-13(2)14(3)12-16/h6-12,18-19H,5H2,1-4H3. The Kier molecular flexibility index (Phi) is 5.27. The van der Waals surface area contributed by atoms with Crippen LogP contribution in [0.5, 0.6) is 0 Å². The molecular formula is C18H23NS. The molecule has 106 valence electrons. The Labute approximate surface area is 126 Å². The van der Waals surface area contributed by atoms with Crippen LogP contribution in [0, 0.1) is 13.8 Å². The molecule has 0 spiro atoms. The molecule has 0 radical (unpaired) electrons. The Bertz CT molecular complexity index is 560. The largest absolute Gasteiger partial charge is 0.307 e. The maximum Gasteiger partial charge on any atom is 0.0576 e. The minimum atomic E-state index is 0.273. The highest BCUT2D eigenvalue weighted by Crippen LogP contribution is 2.26. The van der Waals surface area contributed by atoms with Crippen molar-refractivity contribution >= 4 is 11.8 Å². The molecule has 1 N–H and O–H groups in total. The molecule has 0 saturated heterocycles. The molecule has 0 aromatic heterocycles. The SMILES string of the molecule is CCNC(c1ccc(SC)cc1)c1ccc(C)c(C)c1. The topological polar surface area (TPSA) is 12.0 Å². The number of hydrogen-bond donors (Lipinski definition) is 1. The molecule has 0 aliphatic rings. The van der Waals surface area contributed by atoms with Crippen molar-refractivity contribution in [3.63, 3.8) is 0 Å². The van der Waals surface area contributed by atoms with Gasteiger partial charge < -0.3 is 5.32 Å². The fourth-order valence-corrected chi connectivity index (χ4v) is 2.78. The lowest BCUT2D eigenvalue weighted by molar-refractivity contribution is 0.630. The lowest BCUT2D eigenvalue weighted by Crippen LogP contribution is -2.22. The second kappa shape index (κ2) is 6.96. The van der Waals surface area contributed by atoms with E-state index in [2.05, 4.69) is 74.8 Å². The second-order valence-electron chi connectivity index (χ2n) is 5.11. The quantitative estimate of drug-likeness (QED) is 0.797. The number of thioether (sulfide) groups is 1. The first-order valence-electron chi connectivity index (χ1n) is 7.10. The fourth-order valence-electron chi connectivity index (χ4n) is 2.37. The van der Waals surface area contributed by atoms with Crippen LogP contribution in [0.1, 0.15) is 35.2 Å². The van der Waals surface area contributed by atoms with Crippen molar-refractivity contribution in [3.05, 3.63) is 64.7 Å². The maximum atomic E-state index is 3.59. The molecule has 2 rings (SSSR count). The zero-order valence-corrected chi connectivity index (χ0v) is 13.6. The summed E-state index contributed by atoms with van der Waals surface area (Å²) < 4.78 is 0. The van der Waals surface area contributed by atoms with Crippen LogP contribution in [-0.2, 0) is 0 Å². The van der Waals surface area contributed by atoms with E-state index in [0.29, 0.717) is 0 Å². The molecule has 1 unspecified atom stereocenters. The summed E-state index contributed by atoms with van der Waals surface area (Å²) in [5, 5.41) is 3.59. The second-order valence-corrected chi connectivity index (χ2v) is 5.99. The molecule has 1 nitrogen and oxygen atoms in total. The van der Waals surface area contributed by atoms with Gasteiger partial charge in [0.05, 0.1) is 6.04 Å². The molecule has 0 heterocycles. The molecule has 20 heavy (non-hydrogen) atoms. The first-order valence-corrected chi connectivity index (χ1v) is 8.32. The zero-order valence-electron chi connectivity index (χ0n) is 12.7. The highest BCUT2D eigenvalue weighted by Gasteiger charge is 2.13. The molecule has 0 aliphatic heterocycles. The summed E-state index contributed by atoms with van der Waals surface area (Å²) in [6.07, 6.45) is 2.11. The maximum absolute atomic E-state index is 3.59. The Morgan fingerprint density at radius 2 is 1.60 bits per heavy atom. The molecule has 0 amide bonds. The van der Waals surface area contributed by atoms with Crippen LogP contribution >= 0.6 is 11.8 Å². The Morgan fingerprint density at radius 3 is 2.15 bits per heavy atom. The van der Waals surface area contributed by atoms with E-state index in [1.54, 1.807) is 11.8 Å². The van der Waals surface area contributed by atoms with Gasteiger partial charge >= 0.3 is 0 Å². The molecule has 1 atom stereocenters. The third-order valence-electron chi connectivity index (χ3n) is 3.72. The van der Waals surface area contributed by atoms with Crippen LogP contribution in [0.25, 0.3) is 0 Å². The molecule has 0 fully saturated rings. The van der Waals surface area contributed by atoms with Gasteiger partial charge in [0, 0.05) is 4.90 Å². The molecule has 0 bridgehead atoms. The number of nitrogens with one attached hydrogen (secondary N) is 1. The van der Waals surface area contributed by atoms with Crippen molar-refractivity contribution in [1.82, 2.24) is 5.32 Å². The highest BCUT2D eigenvalue weighted by atomic mass is 32.2. The van der Waals surface area contributed by atoms with E-state index in [-0.39, 0.29) is 6.04 Å². The van der Waals surface area contributed by atoms with Gasteiger partial charge in [-0.1, -0.05) is 37.3 Å². The Morgan fingerprint density at radius 1 is 0.950 bits per heavy atom. The first-order chi connectivity index (χ1) is 9.65. The zero-order chi connectivity index (χ0) is 14.5. The van der Waals surface area contributed by atoms with E-state index < -0.39 is 0 Å². The van der Waals surface area contributed by atoms with Crippen molar-refractivity contribution in [3.8, 4) is 0 Å². The van der Waals surface area contributed by atoms with Gasteiger partial charge in [0.2, 0.25) is 0 Å². The van der Waals surface area contributed by atoms with E-state index in [4.69, 9.17) is 0 Å². The number of hydrogen-bond acceptors (Lipinski definition) is 2. The third kappa shape index (κ3) is 3.44. The minimum Gasteiger partial charge on any atom is -0.307 e. The number of rotatable bonds is 5. The number of benzene rings is 2. The number of aryl methyl sites for hydroxylation is 2. The van der Waals surface area contributed by atoms with E-state index in [9.17, 15) is 0 Å². The van der Waals surface area contributed by atoms with Gasteiger partial charge in [0.1, 0.15) is 0 Å². The molecule has 2 aromatic carbocycles. The molecular weight excluding hydrogens is 262 g/mol. The first kappa shape index (κ1) is 15.1. The van der Waals surface area contributed by atoms with Gasteiger partial charge in [0.15, 0.2) is 0 Å².